The molecule has 5 heteroatoms. The topological polar surface area (TPSA) is 70.3 Å². The Labute approximate surface area is 75.9 Å². The summed E-state index contributed by atoms with van der Waals surface area (Å²) in [5, 5.41) is 0. The van der Waals surface area contributed by atoms with E-state index < -0.39 is 0 Å². The Morgan fingerprint density at radius 3 is 3.00 bits per heavy atom. The minimum Gasteiger partial charge on any atom is -0.469 e. The summed E-state index contributed by atoms with van der Waals surface area (Å²) >= 11 is 0. The third-order valence-electron chi connectivity index (χ3n) is 1.80. The van der Waals surface area contributed by atoms with Crippen LogP contribution in [0.3, 0.4) is 0 Å². The van der Waals surface area contributed by atoms with Gasteiger partial charge in [0.05, 0.1) is 18.9 Å². The second-order valence-electron chi connectivity index (χ2n) is 2.83. The quantitative estimate of drug-likeness (QED) is 0.694. The van der Waals surface area contributed by atoms with Crippen molar-refractivity contribution in [2.24, 2.45) is 5.73 Å². The Morgan fingerprint density at radius 2 is 2.38 bits per heavy atom. The van der Waals surface area contributed by atoms with Gasteiger partial charge in [-0.15, -0.1) is 0 Å². The van der Waals surface area contributed by atoms with Gasteiger partial charge >= 0.3 is 0 Å². The van der Waals surface area contributed by atoms with Gasteiger partial charge in [-0.25, -0.2) is 9.97 Å². The molecule has 0 spiro atoms. The van der Waals surface area contributed by atoms with Gasteiger partial charge in [0.25, 0.3) is 0 Å². The van der Waals surface area contributed by atoms with Crippen LogP contribution in [0.25, 0.3) is 0 Å². The summed E-state index contributed by atoms with van der Waals surface area (Å²) < 4.78 is 10.4. The average molecular weight is 181 g/mol. The highest BCUT2D eigenvalue weighted by atomic mass is 16.6. The lowest BCUT2D eigenvalue weighted by Gasteiger charge is -2.25. The molecule has 0 radical (unpaired) electrons. The lowest BCUT2D eigenvalue weighted by molar-refractivity contribution is -0.0814. The van der Waals surface area contributed by atoms with Crippen molar-refractivity contribution in [3.05, 3.63) is 18.1 Å². The van der Waals surface area contributed by atoms with E-state index >= 15 is 0 Å². The minimum absolute atomic E-state index is 0.139. The first kappa shape index (κ1) is 8.40. The van der Waals surface area contributed by atoms with Crippen LogP contribution in [0.1, 0.15) is 5.69 Å². The van der Waals surface area contributed by atoms with Gasteiger partial charge in [-0.3, -0.25) is 0 Å². The van der Waals surface area contributed by atoms with Gasteiger partial charge in [0, 0.05) is 12.6 Å². The van der Waals surface area contributed by atoms with Crippen molar-refractivity contribution in [3.8, 4) is 5.88 Å². The SMILES string of the molecule is NCc1cc(OC2COC2)ncn1. The van der Waals surface area contributed by atoms with Gasteiger partial charge in [-0.05, 0) is 0 Å². The third kappa shape index (κ3) is 1.93. The lowest BCUT2D eigenvalue weighted by atomic mass is 10.3. The molecule has 1 saturated heterocycles. The maximum atomic E-state index is 5.46. The van der Waals surface area contributed by atoms with E-state index in [2.05, 4.69) is 9.97 Å². The van der Waals surface area contributed by atoms with Crippen molar-refractivity contribution in [1.29, 1.82) is 0 Å². The van der Waals surface area contributed by atoms with E-state index in [9.17, 15) is 0 Å². The molecule has 0 amide bonds. The summed E-state index contributed by atoms with van der Waals surface area (Å²) in [6.45, 7) is 1.68. The summed E-state index contributed by atoms with van der Waals surface area (Å²) in [7, 11) is 0. The summed E-state index contributed by atoms with van der Waals surface area (Å²) in [6, 6.07) is 1.75. The molecule has 0 aromatic carbocycles. The molecule has 1 aliphatic heterocycles. The standard InChI is InChI=1S/C8H11N3O2/c9-2-6-1-8(11-5-10-6)13-7-3-12-4-7/h1,5,7H,2-4,9H2. The Balaban J connectivity index is 2.01. The highest BCUT2D eigenvalue weighted by molar-refractivity contribution is 5.13. The second-order valence-corrected chi connectivity index (χ2v) is 2.83. The van der Waals surface area contributed by atoms with Crippen LogP contribution in [0, 0.1) is 0 Å². The highest BCUT2D eigenvalue weighted by Crippen LogP contribution is 2.12. The molecular weight excluding hydrogens is 170 g/mol. The maximum absolute atomic E-state index is 5.46. The van der Waals surface area contributed by atoms with Crippen LogP contribution in [0.5, 0.6) is 5.88 Å². The average Bonchev–Trinajstić information content (AvgIpc) is 2.12. The van der Waals surface area contributed by atoms with Gasteiger partial charge < -0.3 is 15.2 Å². The molecule has 1 aromatic heterocycles. The number of aromatic nitrogens is 2. The summed E-state index contributed by atoms with van der Waals surface area (Å²) in [5.41, 5.74) is 6.21. The molecule has 0 unspecified atom stereocenters. The molecule has 2 N–H and O–H groups in total. The summed E-state index contributed by atoms with van der Waals surface area (Å²) in [6.07, 6.45) is 1.59. The number of nitrogens with zero attached hydrogens (tertiary/aromatic N) is 2. The molecule has 0 saturated carbocycles. The van der Waals surface area contributed by atoms with Crippen LogP contribution < -0.4 is 10.5 Å². The van der Waals surface area contributed by atoms with Crippen LogP contribution in [0.4, 0.5) is 0 Å². The zero-order valence-electron chi connectivity index (χ0n) is 7.14. The number of ether oxygens (including phenoxy) is 2. The molecule has 70 valence electrons. The van der Waals surface area contributed by atoms with Gasteiger partial charge in [0.15, 0.2) is 0 Å². The monoisotopic (exact) mass is 181 g/mol. The van der Waals surface area contributed by atoms with Crippen molar-refractivity contribution < 1.29 is 9.47 Å². The molecule has 1 aliphatic rings. The molecule has 1 aromatic rings. The number of nitrogens with two attached hydrogens (primary N) is 1. The van der Waals surface area contributed by atoms with Gasteiger partial charge in [-0.2, -0.15) is 0 Å². The largest absolute Gasteiger partial charge is 0.469 e. The molecule has 2 rings (SSSR count). The molecule has 0 atom stereocenters. The van der Waals surface area contributed by atoms with Crippen molar-refractivity contribution in [1.82, 2.24) is 9.97 Å². The van der Waals surface area contributed by atoms with E-state index in [1.165, 1.54) is 6.33 Å². The number of hydrogen-bond donors (Lipinski definition) is 1. The molecule has 0 aliphatic carbocycles. The fraction of sp³-hybridized carbons (Fsp3) is 0.500. The predicted octanol–water partition coefficient (Wildman–Crippen LogP) is -0.287. The molecule has 0 bridgehead atoms. The summed E-state index contributed by atoms with van der Waals surface area (Å²) in [5.74, 6) is 0.573. The highest BCUT2D eigenvalue weighted by Gasteiger charge is 2.20. The third-order valence-corrected chi connectivity index (χ3v) is 1.80. The van der Waals surface area contributed by atoms with E-state index in [1.807, 2.05) is 0 Å². The lowest BCUT2D eigenvalue weighted by Crippen LogP contribution is -2.38. The van der Waals surface area contributed by atoms with E-state index in [4.69, 9.17) is 15.2 Å². The molecule has 5 nitrogen and oxygen atoms in total. The van der Waals surface area contributed by atoms with E-state index in [0.29, 0.717) is 25.6 Å². The zero-order chi connectivity index (χ0) is 9.10. The fourth-order valence-electron chi connectivity index (χ4n) is 1.01. The van der Waals surface area contributed by atoms with Crippen molar-refractivity contribution in [2.45, 2.75) is 12.6 Å². The first-order valence-electron chi connectivity index (χ1n) is 4.14. The van der Waals surface area contributed by atoms with Gasteiger partial charge in [0.2, 0.25) is 5.88 Å². The Hall–Kier alpha value is -1.20. The van der Waals surface area contributed by atoms with Gasteiger partial charge in [0.1, 0.15) is 12.4 Å². The zero-order valence-corrected chi connectivity index (χ0v) is 7.14. The fourth-order valence-corrected chi connectivity index (χ4v) is 1.01. The first-order valence-corrected chi connectivity index (χ1v) is 4.14. The van der Waals surface area contributed by atoms with Crippen LogP contribution >= 0.6 is 0 Å². The van der Waals surface area contributed by atoms with Crippen molar-refractivity contribution in [2.75, 3.05) is 13.2 Å². The molecule has 2 heterocycles. The van der Waals surface area contributed by atoms with E-state index in [-0.39, 0.29) is 6.10 Å². The normalized spacial score (nSPS) is 16.7. The molecule has 1 fully saturated rings. The van der Waals surface area contributed by atoms with Crippen molar-refractivity contribution >= 4 is 0 Å². The number of hydrogen-bond acceptors (Lipinski definition) is 5. The van der Waals surface area contributed by atoms with E-state index in [0.717, 1.165) is 5.69 Å². The second kappa shape index (κ2) is 3.68. The summed E-state index contributed by atoms with van der Waals surface area (Å²) in [4.78, 5) is 7.93. The minimum atomic E-state index is 0.139. The van der Waals surface area contributed by atoms with Gasteiger partial charge in [-0.1, -0.05) is 0 Å². The smallest absolute Gasteiger partial charge is 0.217 e. The number of rotatable bonds is 3. The van der Waals surface area contributed by atoms with Crippen LogP contribution in [-0.2, 0) is 11.3 Å². The molecular formula is C8H11N3O2. The Kier molecular flexibility index (Phi) is 2.37. The van der Waals surface area contributed by atoms with Crippen LogP contribution in [0.2, 0.25) is 0 Å². The Morgan fingerprint density at radius 1 is 1.54 bits per heavy atom. The van der Waals surface area contributed by atoms with Crippen LogP contribution in [-0.4, -0.2) is 29.3 Å². The first-order chi connectivity index (χ1) is 6.38. The predicted molar refractivity (Wildman–Crippen MR) is 45.2 cm³/mol. The van der Waals surface area contributed by atoms with Crippen molar-refractivity contribution in [3.63, 3.8) is 0 Å². The Bertz CT molecular complexity index is 288. The van der Waals surface area contributed by atoms with E-state index in [1.54, 1.807) is 6.07 Å². The maximum Gasteiger partial charge on any atom is 0.217 e. The van der Waals surface area contributed by atoms with Crippen LogP contribution in [0.15, 0.2) is 12.4 Å². The molecule has 13 heavy (non-hydrogen) atoms.